The summed E-state index contributed by atoms with van der Waals surface area (Å²) in [4.78, 5) is 12.5. The van der Waals surface area contributed by atoms with Crippen LogP contribution >= 0.6 is 0 Å². The quantitative estimate of drug-likeness (QED) is 0.743. The summed E-state index contributed by atoms with van der Waals surface area (Å²) in [5, 5.41) is 2.95. The number of carbonyl (C=O) groups is 1. The number of methoxy groups -OCH3 is 1. The summed E-state index contributed by atoms with van der Waals surface area (Å²) < 4.78 is 16.8. The molecule has 5 nitrogen and oxygen atoms in total. The Bertz CT molecular complexity index is 717. The fourth-order valence-electron chi connectivity index (χ4n) is 2.47. The van der Waals surface area contributed by atoms with Gasteiger partial charge in [-0.1, -0.05) is 31.2 Å². The van der Waals surface area contributed by atoms with Gasteiger partial charge in [-0.15, -0.1) is 0 Å². The summed E-state index contributed by atoms with van der Waals surface area (Å²) in [6.07, 6.45) is -0.00275. The number of hydrogen-bond acceptors (Lipinski definition) is 4. The Morgan fingerprint density at radius 3 is 2.54 bits per heavy atom. The van der Waals surface area contributed by atoms with Crippen LogP contribution in [0.3, 0.4) is 0 Å². The highest BCUT2D eigenvalue weighted by molar-refractivity contribution is 5.81. The minimum Gasteiger partial charge on any atom is -0.497 e. The predicted octanol–water partition coefficient (Wildman–Crippen LogP) is 3.74. The average Bonchev–Trinajstić information content (AvgIpc) is 2.65. The third-order valence-electron chi connectivity index (χ3n) is 3.95. The molecule has 0 aromatic heterocycles. The van der Waals surface area contributed by atoms with Gasteiger partial charge in [-0.25, -0.2) is 0 Å². The average molecular weight is 357 g/mol. The topological polar surface area (TPSA) is 56.8 Å². The summed E-state index contributed by atoms with van der Waals surface area (Å²) in [7, 11) is 1.60. The Labute approximate surface area is 155 Å². The molecular weight excluding hydrogens is 330 g/mol. The molecular formula is C21H27NO4. The molecule has 0 radical (unpaired) electrons. The maximum absolute atomic E-state index is 12.5. The smallest absolute Gasteiger partial charge is 0.261 e. The van der Waals surface area contributed by atoms with Crippen molar-refractivity contribution in [1.82, 2.24) is 5.32 Å². The van der Waals surface area contributed by atoms with Crippen molar-refractivity contribution < 1.29 is 19.0 Å². The van der Waals surface area contributed by atoms with Crippen molar-refractivity contribution >= 4 is 5.91 Å². The van der Waals surface area contributed by atoms with E-state index in [2.05, 4.69) is 5.32 Å². The Morgan fingerprint density at radius 1 is 1.12 bits per heavy atom. The highest BCUT2D eigenvalue weighted by Gasteiger charge is 2.20. The van der Waals surface area contributed by atoms with Crippen molar-refractivity contribution in [1.29, 1.82) is 0 Å². The molecule has 0 saturated heterocycles. The molecule has 0 saturated carbocycles. The molecule has 5 heteroatoms. The van der Waals surface area contributed by atoms with E-state index in [9.17, 15) is 4.79 Å². The van der Waals surface area contributed by atoms with Crippen LogP contribution in [0, 0.1) is 6.92 Å². The van der Waals surface area contributed by atoms with Gasteiger partial charge in [0.25, 0.3) is 5.91 Å². The van der Waals surface area contributed by atoms with Gasteiger partial charge in [-0.05, 0) is 44.0 Å². The molecule has 0 spiro atoms. The van der Waals surface area contributed by atoms with Crippen molar-refractivity contribution in [2.45, 2.75) is 39.3 Å². The van der Waals surface area contributed by atoms with Gasteiger partial charge in [-0.3, -0.25) is 4.79 Å². The molecule has 0 bridgehead atoms. The number of aryl methyl sites for hydroxylation is 1. The van der Waals surface area contributed by atoms with E-state index in [1.54, 1.807) is 13.2 Å². The van der Waals surface area contributed by atoms with Crippen molar-refractivity contribution in [3.63, 3.8) is 0 Å². The summed E-state index contributed by atoms with van der Waals surface area (Å²) in [6.45, 7) is 6.22. The minimum atomic E-state index is -0.567. The summed E-state index contributed by atoms with van der Waals surface area (Å²) in [5.74, 6) is 1.97. The number of ether oxygens (including phenoxy) is 3. The molecule has 2 rings (SSSR count). The fraction of sp³-hybridized carbons (Fsp3) is 0.381. The number of hydrogen-bond donors (Lipinski definition) is 1. The molecule has 140 valence electrons. The van der Waals surface area contributed by atoms with Crippen molar-refractivity contribution in [3.8, 4) is 17.2 Å². The lowest BCUT2D eigenvalue weighted by Gasteiger charge is -2.21. The van der Waals surface area contributed by atoms with Crippen LogP contribution in [-0.4, -0.2) is 31.8 Å². The van der Waals surface area contributed by atoms with Gasteiger partial charge in [0.2, 0.25) is 0 Å². The van der Waals surface area contributed by atoms with Crippen LogP contribution in [0.5, 0.6) is 17.2 Å². The zero-order valence-corrected chi connectivity index (χ0v) is 15.8. The van der Waals surface area contributed by atoms with Gasteiger partial charge in [0.05, 0.1) is 13.2 Å². The summed E-state index contributed by atoms with van der Waals surface area (Å²) in [5.41, 5.74) is 1.07. The number of para-hydroxylation sites is 1. The van der Waals surface area contributed by atoms with Crippen LogP contribution in [-0.2, 0) is 4.79 Å². The third kappa shape index (κ3) is 5.69. The summed E-state index contributed by atoms with van der Waals surface area (Å²) in [6, 6.07) is 14.9. The first kappa shape index (κ1) is 19.6. The van der Waals surface area contributed by atoms with Crippen LogP contribution in [0.2, 0.25) is 0 Å². The van der Waals surface area contributed by atoms with E-state index in [1.807, 2.05) is 63.2 Å². The number of rotatable bonds is 9. The van der Waals surface area contributed by atoms with E-state index in [0.717, 1.165) is 11.3 Å². The summed E-state index contributed by atoms with van der Waals surface area (Å²) >= 11 is 0. The highest BCUT2D eigenvalue weighted by Crippen LogP contribution is 2.21. The van der Waals surface area contributed by atoms with E-state index in [-0.39, 0.29) is 11.9 Å². The maximum Gasteiger partial charge on any atom is 0.261 e. The molecule has 2 aromatic carbocycles. The van der Waals surface area contributed by atoms with Gasteiger partial charge in [-0.2, -0.15) is 0 Å². The molecule has 1 amide bonds. The van der Waals surface area contributed by atoms with Gasteiger partial charge < -0.3 is 19.5 Å². The molecule has 0 aliphatic rings. The van der Waals surface area contributed by atoms with Gasteiger partial charge in [0.15, 0.2) is 6.10 Å². The molecule has 0 fully saturated rings. The molecule has 1 N–H and O–H groups in total. The Balaban J connectivity index is 1.88. The Morgan fingerprint density at radius 2 is 1.85 bits per heavy atom. The van der Waals surface area contributed by atoms with Crippen molar-refractivity contribution in [2.75, 3.05) is 13.7 Å². The lowest BCUT2D eigenvalue weighted by Crippen LogP contribution is -2.44. The zero-order chi connectivity index (χ0) is 18.9. The van der Waals surface area contributed by atoms with Crippen LogP contribution in [0.15, 0.2) is 48.5 Å². The first-order valence-electron chi connectivity index (χ1n) is 8.83. The van der Waals surface area contributed by atoms with Crippen LogP contribution in [0.1, 0.15) is 25.8 Å². The molecule has 0 aliphatic heterocycles. The largest absolute Gasteiger partial charge is 0.497 e. The number of amides is 1. The highest BCUT2D eigenvalue weighted by atomic mass is 16.5. The minimum absolute atomic E-state index is 0.134. The van der Waals surface area contributed by atoms with E-state index in [0.29, 0.717) is 24.5 Å². The maximum atomic E-state index is 12.5. The molecule has 0 aliphatic carbocycles. The van der Waals surface area contributed by atoms with Crippen LogP contribution in [0.4, 0.5) is 0 Å². The standard InChI is InChI=1S/C21H27NO4/c1-5-19(26-18-11-8-10-17(13-18)24-4)21(23)22-16(3)14-25-20-12-7-6-9-15(20)2/h6-13,16,19H,5,14H2,1-4H3,(H,22,23)/t16-,19-/m0/s1. The predicted molar refractivity (Wildman–Crippen MR) is 102 cm³/mol. The zero-order valence-electron chi connectivity index (χ0n) is 15.8. The SMILES string of the molecule is CC[C@H](Oc1cccc(OC)c1)C(=O)N[C@@H](C)COc1ccccc1C. The second kappa shape index (κ2) is 9.70. The van der Waals surface area contributed by atoms with Crippen molar-refractivity contribution in [3.05, 3.63) is 54.1 Å². The number of benzene rings is 2. The van der Waals surface area contributed by atoms with E-state index >= 15 is 0 Å². The normalized spacial score (nSPS) is 12.8. The second-order valence-electron chi connectivity index (χ2n) is 6.18. The lowest BCUT2D eigenvalue weighted by atomic mass is 10.2. The first-order valence-corrected chi connectivity index (χ1v) is 8.83. The Kier molecular flexibility index (Phi) is 7.33. The molecule has 26 heavy (non-hydrogen) atoms. The van der Waals surface area contributed by atoms with E-state index < -0.39 is 6.10 Å². The lowest BCUT2D eigenvalue weighted by molar-refractivity contribution is -0.128. The molecule has 0 heterocycles. The second-order valence-corrected chi connectivity index (χ2v) is 6.18. The van der Waals surface area contributed by atoms with E-state index in [1.165, 1.54) is 0 Å². The molecule has 0 unspecified atom stereocenters. The first-order chi connectivity index (χ1) is 12.5. The van der Waals surface area contributed by atoms with Gasteiger partial charge in [0, 0.05) is 6.07 Å². The molecule has 2 aromatic rings. The van der Waals surface area contributed by atoms with Crippen molar-refractivity contribution in [2.24, 2.45) is 0 Å². The fourth-order valence-corrected chi connectivity index (χ4v) is 2.47. The Hall–Kier alpha value is -2.69. The monoisotopic (exact) mass is 357 g/mol. The van der Waals surface area contributed by atoms with Gasteiger partial charge in [0.1, 0.15) is 23.9 Å². The molecule has 2 atom stereocenters. The van der Waals surface area contributed by atoms with Crippen LogP contribution in [0.25, 0.3) is 0 Å². The van der Waals surface area contributed by atoms with Gasteiger partial charge >= 0.3 is 0 Å². The van der Waals surface area contributed by atoms with E-state index in [4.69, 9.17) is 14.2 Å². The van der Waals surface area contributed by atoms with Crippen LogP contribution < -0.4 is 19.5 Å². The third-order valence-corrected chi connectivity index (χ3v) is 3.95. The number of carbonyl (C=O) groups excluding carboxylic acids is 1. The number of nitrogens with one attached hydrogen (secondary N) is 1.